The van der Waals surface area contributed by atoms with E-state index in [0.29, 0.717) is 6.54 Å². The average Bonchev–Trinajstić information content (AvgIpc) is 2.67. The summed E-state index contributed by atoms with van der Waals surface area (Å²) in [6, 6.07) is 17.1. The summed E-state index contributed by atoms with van der Waals surface area (Å²) in [5, 5.41) is 3.94. The van der Waals surface area contributed by atoms with Crippen LogP contribution >= 0.6 is 11.8 Å². The van der Waals surface area contributed by atoms with Gasteiger partial charge < -0.3 is 10.3 Å². The summed E-state index contributed by atoms with van der Waals surface area (Å²) in [6.45, 7) is 6.18. The van der Waals surface area contributed by atoms with Crippen molar-refractivity contribution in [3.63, 3.8) is 0 Å². The minimum atomic E-state index is -0.114. The first-order valence-electron chi connectivity index (χ1n) is 9.01. The smallest absolute Gasteiger partial charge is 0.249 e. The number of nitrogens with zero attached hydrogens (tertiary/aromatic N) is 1. The Kier molecular flexibility index (Phi) is 6.32. The number of nitrogens with one attached hydrogen (secondary N) is 2. The van der Waals surface area contributed by atoms with Gasteiger partial charge in [-0.25, -0.2) is 0 Å². The van der Waals surface area contributed by atoms with Crippen LogP contribution in [-0.2, 0) is 4.79 Å². The van der Waals surface area contributed by atoms with Crippen LogP contribution in [0.5, 0.6) is 0 Å². The number of hydrogen-bond acceptors (Lipinski definition) is 4. The largest absolute Gasteiger partial charge is 0.325 e. The summed E-state index contributed by atoms with van der Waals surface area (Å²) >= 11 is 1.54. The molecule has 0 aliphatic carbocycles. The highest BCUT2D eigenvalue weighted by molar-refractivity contribution is 7.99. The number of amides is 1. The standard InChI is InChI=1S/C21H23N3O2S/c1-3-24(4-2)14-21(26)22-15-9-11-16(12-10-15)27-19-13-20(25)23-18-8-6-5-7-17(18)19/h5-13H,3-4,14H2,1-2H3,(H,22,26)(H,23,25). The van der Waals surface area contributed by atoms with Crippen LogP contribution in [-0.4, -0.2) is 35.4 Å². The summed E-state index contributed by atoms with van der Waals surface area (Å²) in [4.78, 5) is 30.8. The Labute approximate surface area is 162 Å². The molecule has 0 aliphatic heterocycles. The van der Waals surface area contributed by atoms with Crippen LogP contribution < -0.4 is 10.9 Å². The van der Waals surface area contributed by atoms with Crippen molar-refractivity contribution in [3.05, 3.63) is 65.0 Å². The van der Waals surface area contributed by atoms with Crippen molar-refractivity contribution in [1.82, 2.24) is 9.88 Å². The first-order chi connectivity index (χ1) is 13.1. The van der Waals surface area contributed by atoms with Crippen LogP contribution in [0, 0.1) is 0 Å². The van der Waals surface area contributed by atoms with E-state index in [1.165, 1.54) is 11.8 Å². The lowest BCUT2D eigenvalue weighted by atomic mass is 10.2. The molecule has 0 atom stereocenters. The number of aromatic nitrogens is 1. The first-order valence-corrected chi connectivity index (χ1v) is 9.83. The highest BCUT2D eigenvalue weighted by Gasteiger charge is 2.08. The minimum absolute atomic E-state index is 0.0142. The van der Waals surface area contributed by atoms with Gasteiger partial charge >= 0.3 is 0 Å². The highest BCUT2D eigenvalue weighted by atomic mass is 32.2. The Morgan fingerprint density at radius 2 is 1.78 bits per heavy atom. The van der Waals surface area contributed by atoms with E-state index in [1.54, 1.807) is 6.07 Å². The SMILES string of the molecule is CCN(CC)CC(=O)Nc1ccc(Sc2cc(=O)[nH]c3ccccc23)cc1. The van der Waals surface area contributed by atoms with Crippen molar-refractivity contribution in [3.8, 4) is 0 Å². The lowest BCUT2D eigenvalue weighted by molar-refractivity contribution is -0.117. The molecular weight excluding hydrogens is 358 g/mol. The molecule has 1 heterocycles. The molecule has 2 N–H and O–H groups in total. The summed E-state index contributed by atoms with van der Waals surface area (Å²) in [7, 11) is 0. The fourth-order valence-corrected chi connectivity index (χ4v) is 3.82. The van der Waals surface area contributed by atoms with Crippen LogP contribution in [0.4, 0.5) is 5.69 Å². The lowest BCUT2D eigenvalue weighted by Gasteiger charge is -2.17. The van der Waals surface area contributed by atoms with Crippen molar-refractivity contribution in [2.45, 2.75) is 23.6 Å². The summed E-state index contributed by atoms with van der Waals surface area (Å²) < 4.78 is 0. The van der Waals surface area contributed by atoms with E-state index < -0.39 is 0 Å². The van der Waals surface area contributed by atoms with Crippen LogP contribution in [0.2, 0.25) is 0 Å². The molecule has 5 nitrogen and oxygen atoms in total. The fourth-order valence-electron chi connectivity index (χ4n) is 2.84. The van der Waals surface area contributed by atoms with Crippen LogP contribution in [0.15, 0.2) is 69.2 Å². The molecule has 3 rings (SSSR count). The molecule has 27 heavy (non-hydrogen) atoms. The maximum Gasteiger partial charge on any atom is 0.249 e. The molecule has 0 fully saturated rings. The molecule has 140 valence electrons. The van der Waals surface area contributed by atoms with Gasteiger partial charge in [-0.05, 0) is 43.4 Å². The number of fused-ring (bicyclic) bond motifs is 1. The number of H-pyrrole nitrogens is 1. The molecule has 0 unspecified atom stereocenters. The van der Waals surface area contributed by atoms with E-state index in [2.05, 4.69) is 15.2 Å². The van der Waals surface area contributed by atoms with Crippen molar-refractivity contribution >= 4 is 34.3 Å². The maximum atomic E-state index is 12.1. The number of anilines is 1. The molecule has 0 saturated carbocycles. The Balaban J connectivity index is 1.72. The molecule has 0 radical (unpaired) electrons. The first kappa shape index (κ1) is 19.2. The van der Waals surface area contributed by atoms with Gasteiger partial charge in [0, 0.05) is 32.4 Å². The monoisotopic (exact) mass is 381 g/mol. The molecule has 6 heteroatoms. The minimum Gasteiger partial charge on any atom is -0.325 e. The Bertz CT molecular complexity index is 979. The van der Waals surface area contributed by atoms with Crippen molar-refractivity contribution < 1.29 is 4.79 Å². The van der Waals surface area contributed by atoms with Gasteiger partial charge in [-0.1, -0.05) is 43.8 Å². The van der Waals surface area contributed by atoms with Gasteiger partial charge in [0.1, 0.15) is 0 Å². The van der Waals surface area contributed by atoms with Crippen LogP contribution in [0.25, 0.3) is 10.9 Å². The Hall–Kier alpha value is -2.57. The quantitative estimate of drug-likeness (QED) is 0.650. The number of hydrogen-bond donors (Lipinski definition) is 2. The number of carbonyl (C=O) groups excluding carboxylic acids is 1. The highest BCUT2D eigenvalue weighted by Crippen LogP contribution is 2.32. The van der Waals surface area contributed by atoms with Gasteiger partial charge in [-0.15, -0.1) is 0 Å². The molecule has 0 saturated heterocycles. The molecule has 3 aromatic rings. The molecule has 1 amide bonds. The summed E-state index contributed by atoms with van der Waals surface area (Å²) in [6.07, 6.45) is 0. The number of para-hydroxylation sites is 1. The number of carbonyl (C=O) groups is 1. The second-order valence-corrected chi connectivity index (χ2v) is 7.29. The topological polar surface area (TPSA) is 65.2 Å². The normalized spacial score (nSPS) is 11.1. The molecule has 0 spiro atoms. The van der Waals surface area contributed by atoms with Gasteiger partial charge in [0.25, 0.3) is 0 Å². The zero-order chi connectivity index (χ0) is 19.2. The van der Waals surface area contributed by atoms with Crippen molar-refractivity contribution in [1.29, 1.82) is 0 Å². The van der Waals surface area contributed by atoms with E-state index >= 15 is 0 Å². The van der Waals surface area contributed by atoms with E-state index in [1.807, 2.05) is 62.4 Å². The predicted octanol–water partition coefficient (Wildman–Crippen LogP) is 3.96. The van der Waals surface area contributed by atoms with Gasteiger partial charge in [-0.2, -0.15) is 0 Å². The van der Waals surface area contributed by atoms with E-state index in [4.69, 9.17) is 0 Å². The second kappa shape index (κ2) is 8.88. The van der Waals surface area contributed by atoms with E-state index in [9.17, 15) is 9.59 Å². The molecule has 0 aliphatic rings. The molecule has 1 aromatic heterocycles. The molecular formula is C21H23N3O2S. The van der Waals surface area contributed by atoms with Gasteiger partial charge in [0.05, 0.1) is 6.54 Å². The Morgan fingerprint density at radius 3 is 2.48 bits per heavy atom. The number of aromatic amines is 1. The number of likely N-dealkylation sites (N-methyl/N-ethyl adjacent to an activating group) is 1. The predicted molar refractivity (Wildman–Crippen MR) is 112 cm³/mol. The van der Waals surface area contributed by atoms with Crippen LogP contribution in [0.1, 0.15) is 13.8 Å². The van der Waals surface area contributed by atoms with E-state index in [-0.39, 0.29) is 11.5 Å². The van der Waals surface area contributed by atoms with E-state index in [0.717, 1.165) is 39.5 Å². The third-order valence-corrected chi connectivity index (χ3v) is 5.41. The van der Waals surface area contributed by atoms with Crippen molar-refractivity contribution in [2.24, 2.45) is 0 Å². The zero-order valence-electron chi connectivity index (χ0n) is 15.5. The average molecular weight is 382 g/mol. The fraction of sp³-hybridized carbons (Fsp3) is 0.238. The van der Waals surface area contributed by atoms with Crippen LogP contribution in [0.3, 0.4) is 0 Å². The third kappa shape index (κ3) is 4.99. The number of benzene rings is 2. The summed E-state index contributed by atoms with van der Waals surface area (Å²) in [5.74, 6) is -0.0142. The molecule has 2 aromatic carbocycles. The van der Waals surface area contributed by atoms with Gasteiger partial charge in [0.2, 0.25) is 11.5 Å². The Morgan fingerprint density at radius 1 is 1.07 bits per heavy atom. The molecule has 0 bridgehead atoms. The second-order valence-electron chi connectivity index (χ2n) is 6.18. The zero-order valence-corrected chi connectivity index (χ0v) is 16.3. The van der Waals surface area contributed by atoms with Gasteiger partial charge in [-0.3, -0.25) is 14.5 Å². The van der Waals surface area contributed by atoms with Gasteiger partial charge in [0.15, 0.2) is 0 Å². The lowest BCUT2D eigenvalue weighted by Crippen LogP contribution is -2.32. The number of rotatable bonds is 7. The summed E-state index contributed by atoms with van der Waals surface area (Å²) in [5.41, 5.74) is 1.48. The van der Waals surface area contributed by atoms with Crippen molar-refractivity contribution in [2.75, 3.05) is 25.0 Å². The number of pyridine rings is 1. The third-order valence-electron chi connectivity index (χ3n) is 4.34. The maximum absolute atomic E-state index is 12.1.